The van der Waals surface area contributed by atoms with Crippen molar-refractivity contribution in [1.82, 2.24) is 5.32 Å². The topological polar surface area (TPSA) is 42.2 Å². The van der Waals surface area contributed by atoms with Crippen molar-refractivity contribution in [3.05, 3.63) is 35.8 Å². The second-order valence-corrected chi connectivity index (χ2v) is 4.43. The van der Waals surface area contributed by atoms with Gasteiger partial charge < -0.3 is 9.73 Å². The first-order valence-electron chi connectivity index (χ1n) is 5.51. The van der Waals surface area contributed by atoms with E-state index in [9.17, 15) is 13.6 Å². The third-order valence-electron chi connectivity index (χ3n) is 2.07. The van der Waals surface area contributed by atoms with Gasteiger partial charge in [0.05, 0.1) is 5.75 Å². The molecule has 0 aromatic carbocycles. The van der Waals surface area contributed by atoms with Gasteiger partial charge in [0.25, 0.3) is 11.7 Å². The zero-order chi connectivity index (χ0) is 13.4. The quantitative estimate of drug-likeness (QED) is 0.612. The Morgan fingerprint density at radius 3 is 3.00 bits per heavy atom. The molecule has 0 saturated carbocycles. The molecule has 3 nitrogen and oxygen atoms in total. The number of furan rings is 1. The number of rotatable bonds is 7. The van der Waals surface area contributed by atoms with Crippen LogP contribution in [0.15, 0.2) is 28.7 Å². The molecule has 0 saturated heterocycles. The summed E-state index contributed by atoms with van der Waals surface area (Å²) in [4.78, 5) is 11.6. The van der Waals surface area contributed by atoms with Gasteiger partial charge in [0, 0.05) is 6.54 Å². The van der Waals surface area contributed by atoms with E-state index in [1.165, 1.54) is 12.1 Å². The summed E-state index contributed by atoms with van der Waals surface area (Å²) in [5, 5.41) is 2.67. The van der Waals surface area contributed by atoms with Crippen molar-refractivity contribution < 1.29 is 18.0 Å². The summed E-state index contributed by atoms with van der Waals surface area (Å²) >= 11 is 0.466. The average Bonchev–Trinajstić information content (AvgIpc) is 2.80. The maximum atomic E-state index is 12.0. The Balaban J connectivity index is 2.39. The minimum absolute atomic E-state index is 0.0590. The van der Waals surface area contributed by atoms with Crippen molar-refractivity contribution >= 4 is 17.7 Å². The van der Waals surface area contributed by atoms with Crippen molar-refractivity contribution in [2.45, 2.75) is 24.9 Å². The van der Waals surface area contributed by atoms with Crippen LogP contribution in [-0.4, -0.2) is 18.2 Å². The molecule has 0 radical (unpaired) electrons. The van der Waals surface area contributed by atoms with E-state index in [1.54, 1.807) is 0 Å². The first kappa shape index (κ1) is 14.8. The van der Waals surface area contributed by atoms with Gasteiger partial charge in [-0.1, -0.05) is 23.9 Å². The molecule has 1 aromatic rings. The molecule has 0 atom stereocenters. The molecule has 1 aromatic heterocycles. The van der Waals surface area contributed by atoms with E-state index < -0.39 is 5.76 Å². The molecule has 1 heterocycles. The maximum Gasteiger partial charge on any atom is 0.287 e. The van der Waals surface area contributed by atoms with Crippen LogP contribution in [0, 0.1) is 0 Å². The fraction of sp³-hybridized carbons (Fsp3) is 0.417. The number of amides is 1. The number of hydrogen-bond acceptors (Lipinski definition) is 3. The van der Waals surface area contributed by atoms with E-state index in [0.717, 1.165) is 6.42 Å². The number of nitrogens with one attached hydrogen (secondary N) is 1. The highest BCUT2D eigenvalue weighted by Crippen LogP contribution is 2.21. The fourth-order valence-electron chi connectivity index (χ4n) is 1.25. The predicted octanol–water partition coefficient (Wildman–Crippen LogP) is 3.43. The maximum absolute atomic E-state index is 12.0. The van der Waals surface area contributed by atoms with E-state index in [2.05, 4.69) is 5.32 Å². The van der Waals surface area contributed by atoms with E-state index in [0.29, 0.717) is 24.1 Å². The highest BCUT2D eigenvalue weighted by Gasteiger charge is 2.11. The van der Waals surface area contributed by atoms with Crippen molar-refractivity contribution in [2.75, 3.05) is 6.54 Å². The van der Waals surface area contributed by atoms with Crippen molar-refractivity contribution in [2.24, 2.45) is 0 Å². The highest BCUT2D eigenvalue weighted by molar-refractivity contribution is 7.98. The molecule has 0 aliphatic rings. The van der Waals surface area contributed by atoms with Crippen molar-refractivity contribution in [1.29, 1.82) is 0 Å². The van der Waals surface area contributed by atoms with Crippen molar-refractivity contribution in [3.63, 3.8) is 0 Å². The molecule has 18 heavy (non-hydrogen) atoms. The molecular weight excluding hydrogens is 260 g/mol. The second-order valence-electron chi connectivity index (χ2n) is 3.45. The minimum atomic E-state index is -2.44. The summed E-state index contributed by atoms with van der Waals surface area (Å²) in [5.41, 5.74) is 0. The number of alkyl halides is 2. The average molecular weight is 275 g/mol. The number of allylic oxidation sites excluding steroid dienone is 1. The highest BCUT2D eigenvalue weighted by atomic mass is 32.2. The van der Waals surface area contributed by atoms with Crippen LogP contribution in [0.2, 0.25) is 0 Å². The van der Waals surface area contributed by atoms with Crippen LogP contribution in [0.4, 0.5) is 8.78 Å². The monoisotopic (exact) mass is 275 g/mol. The van der Waals surface area contributed by atoms with Crippen LogP contribution < -0.4 is 5.32 Å². The molecule has 100 valence electrons. The van der Waals surface area contributed by atoms with Gasteiger partial charge >= 0.3 is 0 Å². The Bertz CT molecular complexity index is 405. The summed E-state index contributed by atoms with van der Waals surface area (Å²) in [6.07, 6.45) is 4.59. The van der Waals surface area contributed by atoms with Crippen molar-refractivity contribution in [3.8, 4) is 0 Å². The van der Waals surface area contributed by atoms with E-state index >= 15 is 0 Å². The van der Waals surface area contributed by atoms with Crippen LogP contribution in [0.5, 0.6) is 0 Å². The third-order valence-corrected chi connectivity index (χ3v) is 2.77. The second kappa shape index (κ2) is 7.92. The van der Waals surface area contributed by atoms with Crippen LogP contribution in [-0.2, 0) is 5.75 Å². The zero-order valence-corrected chi connectivity index (χ0v) is 10.8. The van der Waals surface area contributed by atoms with Gasteiger partial charge in [0.15, 0.2) is 5.76 Å². The number of halogens is 2. The standard InChI is InChI=1S/C12H15F2NO2S/c1-2-3-4-7-15-11(16)10-6-5-9(17-10)8-18-12(13)14/h2-3,5-6,12H,4,7-8H2,1H3,(H,15,16)/b3-2+. The van der Waals surface area contributed by atoms with E-state index in [4.69, 9.17) is 4.42 Å². The van der Waals surface area contributed by atoms with Crippen LogP contribution >= 0.6 is 11.8 Å². The first-order chi connectivity index (χ1) is 8.63. The normalized spacial score (nSPS) is 11.3. The lowest BCUT2D eigenvalue weighted by Gasteiger charge is -2.00. The Labute approximate surface area is 109 Å². The summed E-state index contributed by atoms with van der Waals surface area (Å²) < 4.78 is 29.1. The van der Waals surface area contributed by atoms with Crippen LogP contribution in [0.1, 0.15) is 29.7 Å². The van der Waals surface area contributed by atoms with Gasteiger partial charge in [-0.15, -0.1) is 0 Å². The number of carbonyl (C=O) groups is 1. The number of carbonyl (C=O) groups excluding carboxylic acids is 1. The lowest BCUT2D eigenvalue weighted by molar-refractivity contribution is 0.0925. The third kappa shape index (κ3) is 5.35. The zero-order valence-electron chi connectivity index (χ0n) is 9.99. The molecule has 0 fully saturated rings. The Hall–Kier alpha value is -1.30. The summed E-state index contributed by atoms with van der Waals surface area (Å²) in [7, 11) is 0. The van der Waals surface area contributed by atoms with Gasteiger partial charge in [0.2, 0.25) is 0 Å². The Morgan fingerprint density at radius 2 is 2.33 bits per heavy atom. The van der Waals surface area contributed by atoms with Gasteiger partial charge in [-0.3, -0.25) is 4.79 Å². The predicted molar refractivity (Wildman–Crippen MR) is 67.8 cm³/mol. The Morgan fingerprint density at radius 1 is 1.56 bits per heavy atom. The smallest absolute Gasteiger partial charge is 0.287 e. The van der Waals surface area contributed by atoms with E-state index in [-0.39, 0.29) is 17.4 Å². The largest absolute Gasteiger partial charge is 0.455 e. The number of thioether (sulfide) groups is 1. The summed E-state index contributed by atoms with van der Waals surface area (Å²) in [6, 6.07) is 3.03. The Kier molecular flexibility index (Phi) is 6.49. The van der Waals surface area contributed by atoms with Crippen LogP contribution in [0.3, 0.4) is 0 Å². The lowest BCUT2D eigenvalue weighted by atomic mass is 10.3. The molecule has 0 bridgehead atoms. The molecule has 0 unspecified atom stereocenters. The van der Waals surface area contributed by atoms with Gasteiger partial charge in [-0.25, -0.2) is 0 Å². The number of hydrogen-bond donors (Lipinski definition) is 1. The molecule has 1 N–H and O–H groups in total. The minimum Gasteiger partial charge on any atom is -0.455 e. The van der Waals surface area contributed by atoms with Gasteiger partial charge in [-0.2, -0.15) is 8.78 Å². The van der Waals surface area contributed by atoms with Gasteiger partial charge in [0.1, 0.15) is 5.76 Å². The first-order valence-corrected chi connectivity index (χ1v) is 6.56. The lowest BCUT2D eigenvalue weighted by Crippen LogP contribution is -2.23. The summed E-state index contributed by atoms with van der Waals surface area (Å²) in [6.45, 7) is 2.42. The van der Waals surface area contributed by atoms with Crippen LogP contribution in [0.25, 0.3) is 0 Å². The molecule has 0 aliphatic carbocycles. The molecule has 0 spiro atoms. The van der Waals surface area contributed by atoms with E-state index in [1.807, 2.05) is 19.1 Å². The molecular formula is C12H15F2NO2S. The fourth-order valence-corrected chi connectivity index (χ4v) is 1.69. The molecule has 6 heteroatoms. The SMILES string of the molecule is C/C=C/CCNC(=O)c1ccc(CSC(F)F)o1. The molecule has 1 amide bonds. The molecule has 0 aliphatic heterocycles. The van der Waals surface area contributed by atoms with Gasteiger partial charge in [-0.05, 0) is 25.5 Å². The summed E-state index contributed by atoms with van der Waals surface area (Å²) in [5.74, 6) is -2.18. The molecule has 1 rings (SSSR count).